The van der Waals surface area contributed by atoms with Gasteiger partial charge in [0.25, 0.3) is 0 Å². The van der Waals surface area contributed by atoms with Gasteiger partial charge in [0.15, 0.2) is 0 Å². The van der Waals surface area contributed by atoms with E-state index in [1.54, 1.807) is 0 Å². The lowest BCUT2D eigenvalue weighted by Gasteiger charge is -2.18. The quantitative estimate of drug-likeness (QED) is 0.787. The molecule has 0 amide bonds. The molecule has 0 fully saturated rings. The maximum Gasteiger partial charge on any atom is 0.0946 e. The number of imidazole rings is 1. The average molecular weight is 227 g/mol. The van der Waals surface area contributed by atoms with Crippen LogP contribution < -0.4 is 0 Å². The third-order valence-corrected chi connectivity index (χ3v) is 2.90. The fraction of sp³-hybridized carbons (Fsp3) is 0.400. The Kier molecular flexibility index (Phi) is 3.32. The second-order valence-corrected chi connectivity index (χ2v) is 5.41. The fourth-order valence-electron chi connectivity index (χ4n) is 1.76. The Balaban J connectivity index is 1.99. The lowest BCUT2D eigenvalue weighted by Crippen LogP contribution is -2.11. The summed E-state index contributed by atoms with van der Waals surface area (Å²) in [6, 6.07) is 9.88. The summed E-state index contributed by atoms with van der Waals surface area (Å²) in [5.41, 5.74) is 2.78. The maximum absolute atomic E-state index is 4.04. The van der Waals surface area contributed by atoms with Crippen LogP contribution >= 0.6 is 0 Å². The zero-order valence-electron chi connectivity index (χ0n) is 10.8. The zero-order chi connectivity index (χ0) is 12.3. The molecule has 2 rings (SSSR count). The van der Waals surface area contributed by atoms with Gasteiger partial charge in [0.05, 0.1) is 6.33 Å². The molecule has 0 saturated heterocycles. The molecular formula is C15H19N2. The number of hydrogen-bond donors (Lipinski definition) is 0. The summed E-state index contributed by atoms with van der Waals surface area (Å²) in [5.74, 6) is 0. The van der Waals surface area contributed by atoms with Crippen LogP contribution in [0.1, 0.15) is 31.9 Å². The van der Waals surface area contributed by atoms with Crippen molar-refractivity contribution in [2.75, 3.05) is 0 Å². The third kappa shape index (κ3) is 3.19. The van der Waals surface area contributed by atoms with Crippen molar-refractivity contribution >= 4 is 0 Å². The van der Waals surface area contributed by atoms with Crippen molar-refractivity contribution in [3.05, 3.63) is 54.1 Å². The van der Waals surface area contributed by atoms with E-state index in [4.69, 9.17) is 0 Å². The molecule has 1 heterocycles. The summed E-state index contributed by atoms with van der Waals surface area (Å²) in [6.45, 7) is 7.61. The molecule has 89 valence electrons. The van der Waals surface area contributed by atoms with E-state index in [1.165, 1.54) is 11.1 Å². The smallest absolute Gasteiger partial charge is 0.0946 e. The van der Waals surface area contributed by atoms with Gasteiger partial charge in [-0.05, 0) is 29.0 Å². The molecule has 0 atom stereocenters. The second kappa shape index (κ2) is 4.74. The van der Waals surface area contributed by atoms with Crippen LogP contribution in [0, 0.1) is 6.07 Å². The van der Waals surface area contributed by atoms with E-state index in [0.29, 0.717) is 0 Å². The van der Waals surface area contributed by atoms with Crippen molar-refractivity contribution in [1.82, 2.24) is 9.55 Å². The Morgan fingerprint density at radius 1 is 1.29 bits per heavy atom. The van der Waals surface area contributed by atoms with E-state index in [0.717, 1.165) is 13.0 Å². The van der Waals surface area contributed by atoms with Crippen molar-refractivity contribution < 1.29 is 0 Å². The molecule has 2 nitrogen and oxygen atoms in total. The van der Waals surface area contributed by atoms with E-state index in [2.05, 4.69) is 54.6 Å². The standard InChI is InChI=1S/C15H19N2/c1-15(2,3)14-6-4-13(5-7-14)8-10-17-11-9-16-12-17/h4-6,9,11-12H,8,10H2,1-3H3. The van der Waals surface area contributed by atoms with Gasteiger partial charge in [-0.1, -0.05) is 39.0 Å². The number of benzene rings is 1. The highest BCUT2D eigenvalue weighted by atomic mass is 15.0. The van der Waals surface area contributed by atoms with Crippen LogP contribution in [0.25, 0.3) is 0 Å². The highest BCUT2D eigenvalue weighted by molar-refractivity contribution is 5.26. The number of nitrogens with zero attached hydrogens (tertiary/aromatic N) is 2. The Bertz CT molecular complexity index is 447. The number of hydrogen-bond acceptors (Lipinski definition) is 1. The molecule has 0 bridgehead atoms. The van der Waals surface area contributed by atoms with Crippen LogP contribution in [0.3, 0.4) is 0 Å². The normalized spacial score (nSPS) is 11.7. The number of rotatable bonds is 3. The molecular weight excluding hydrogens is 208 g/mol. The van der Waals surface area contributed by atoms with Crippen molar-refractivity contribution in [2.24, 2.45) is 0 Å². The Hall–Kier alpha value is -1.57. The summed E-state index contributed by atoms with van der Waals surface area (Å²) in [4.78, 5) is 4.04. The van der Waals surface area contributed by atoms with E-state index < -0.39 is 0 Å². The van der Waals surface area contributed by atoms with Gasteiger partial charge in [0.1, 0.15) is 0 Å². The largest absolute Gasteiger partial charge is 0.337 e. The van der Waals surface area contributed by atoms with Gasteiger partial charge in [0.2, 0.25) is 0 Å². The zero-order valence-corrected chi connectivity index (χ0v) is 10.8. The van der Waals surface area contributed by atoms with Crippen molar-refractivity contribution in [3.63, 3.8) is 0 Å². The molecule has 0 aliphatic heterocycles. The SMILES string of the molecule is CC(C)(C)c1[c]cc(CCn2ccnc2)cc1. The van der Waals surface area contributed by atoms with E-state index in [9.17, 15) is 0 Å². The highest BCUT2D eigenvalue weighted by Gasteiger charge is 2.12. The first kappa shape index (κ1) is 11.9. The van der Waals surface area contributed by atoms with Crippen LogP contribution in [0.15, 0.2) is 36.9 Å². The molecule has 1 aromatic carbocycles. The Labute approximate surface area is 103 Å². The number of aryl methyl sites for hydroxylation is 2. The summed E-state index contributed by atoms with van der Waals surface area (Å²) in [6.07, 6.45) is 6.69. The van der Waals surface area contributed by atoms with Gasteiger partial charge >= 0.3 is 0 Å². The van der Waals surface area contributed by atoms with Gasteiger partial charge in [0, 0.05) is 18.9 Å². The summed E-state index contributed by atoms with van der Waals surface area (Å²) in [7, 11) is 0. The molecule has 17 heavy (non-hydrogen) atoms. The minimum atomic E-state index is 0.183. The van der Waals surface area contributed by atoms with Gasteiger partial charge < -0.3 is 4.57 Å². The van der Waals surface area contributed by atoms with Crippen LogP contribution in [-0.4, -0.2) is 9.55 Å². The number of aromatic nitrogens is 2. The summed E-state index contributed by atoms with van der Waals surface area (Å²) in [5, 5.41) is 0. The predicted molar refractivity (Wildman–Crippen MR) is 69.9 cm³/mol. The molecule has 2 aromatic rings. The summed E-state index contributed by atoms with van der Waals surface area (Å²) >= 11 is 0. The van der Waals surface area contributed by atoms with Crippen molar-refractivity contribution in [2.45, 2.75) is 39.2 Å². The molecule has 1 radical (unpaired) electrons. The van der Waals surface area contributed by atoms with Crippen LogP contribution in [0.2, 0.25) is 0 Å². The molecule has 1 aromatic heterocycles. The third-order valence-electron chi connectivity index (χ3n) is 2.90. The first-order valence-electron chi connectivity index (χ1n) is 6.02. The van der Waals surface area contributed by atoms with Crippen molar-refractivity contribution in [1.29, 1.82) is 0 Å². The highest BCUT2D eigenvalue weighted by Crippen LogP contribution is 2.21. The fourth-order valence-corrected chi connectivity index (χ4v) is 1.76. The van der Waals surface area contributed by atoms with Crippen molar-refractivity contribution in [3.8, 4) is 0 Å². The Morgan fingerprint density at radius 2 is 2.12 bits per heavy atom. The first-order valence-corrected chi connectivity index (χ1v) is 6.02. The van der Waals surface area contributed by atoms with Gasteiger partial charge in [-0.25, -0.2) is 4.98 Å². The lowest BCUT2D eigenvalue weighted by molar-refractivity contribution is 0.588. The van der Waals surface area contributed by atoms with Gasteiger partial charge in [-0.15, -0.1) is 0 Å². The van der Waals surface area contributed by atoms with Gasteiger partial charge in [-0.2, -0.15) is 0 Å². The molecule has 0 saturated carbocycles. The lowest BCUT2D eigenvalue weighted by atomic mass is 9.86. The topological polar surface area (TPSA) is 17.8 Å². The monoisotopic (exact) mass is 227 g/mol. The Morgan fingerprint density at radius 3 is 2.65 bits per heavy atom. The molecule has 0 unspecified atom stereocenters. The molecule has 0 aliphatic rings. The maximum atomic E-state index is 4.04. The molecule has 2 heteroatoms. The summed E-state index contributed by atoms with van der Waals surface area (Å²) < 4.78 is 2.09. The van der Waals surface area contributed by atoms with E-state index >= 15 is 0 Å². The average Bonchev–Trinajstić information content (AvgIpc) is 2.78. The molecule has 0 aliphatic carbocycles. The van der Waals surface area contributed by atoms with E-state index in [-0.39, 0.29) is 5.41 Å². The van der Waals surface area contributed by atoms with Gasteiger partial charge in [-0.3, -0.25) is 0 Å². The van der Waals surface area contributed by atoms with Crippen LogP contribution in [0.4, 0.5) is 0 Å². The minimum absolute atomic E-state index is 0.183. The van der Waals surface area contributed by atoms with Crippen LogP contribution in [0.5, 0.6) is 0 Å². The van der Waals surface area contributed by atoms with E-state index in [1.807, 2.05) is 18.7 Å². The van der Waals surface area contributed by atoms with Crippen LogP contribution in [-0.2, 0) is 18.4 Å². The second-order valence-electron chi connectivity index (χ2n) is 5.41. The predicted octanol–water partition coefficient (Wildman–Crippen LogP) is 3.22. The minimum Gasteiger partial charge on any atom is -0.337 e. The molecule has 0 spiro atoms. The molecule has 0 N–H and O–H groups in total. The first-order chi connectivity index (χ1) is 8.05.